The molecule has 0 aromatic heterocycles. The molecule has 1 saturated heterocycles. The highest BCUT2D eigenvalue weighted by Gasteiger charge is 2.33. The lowest BCUT2D eigenvalue weighted by Crippen LogP contribution is -2.31. The molecule has 0 radical (unpaired) electrons. The van der Waals surface area contributed by atoms with E-state index in [1.165, 1.54) is 6.26 Å². The van der Waals surface area contributed by atoms with Gasteiger partial charge >= 0.3 is 0 Å². The van der Waals surface area contributed by atoms with E-state index >= 15 is 0 Å². The number of carbonyl (C=O) groups excluding carboxylic acids is 1. The van der Waals surface area contributed by atoms with Crippen molar-refractivity contribution in [3.8, 4) is 5.75 Å². The average molecular weight is 297 g/mol. The Labute approximate surface area is 119 Å². The van der Waals surface area contributed by atoms with Crippen molar-refractivity contribution in [2.24, 2.45) is 0 Å². The van der Waals surface area contributed by atoms with E-state index < -0.39 is 15.1 Å². The van der Waals surface area contributed by atoms with Gasteiger partial charge in [-0.1, -0.05) is 12.1 Å². The molecule has 1 aromatic rings. The third-order valence-corrected chi connectivity index (χ3v) is 5.05. The van der Waals surface area contributed by atoms with Crippen LogP contribution in [-0.2, 0) is 9.84 Å². The highest BCUT2D eigenvalue weighted by molar-refractivity contribution is 7.91. The van der Waals surface area contributed by atoms with E-state index in [2.05, 4.69) is 0 Å². The van der Waals surface area contributed by atoms with Crippen molar-refractivity contribution in [2.45, 2.75) is 18.6 Å². The Balaban J connectivity index is 2.17. The van der Waals surface area contributed by atoms with Gasteiger partial charge in [-0.3, -0.25) is 4.79 Å². The standard InChI is InChI=1S/C14H19NO4S/c1-3-19-13-7-5-4-6-12(13)14(16)15-9-8-11(10-15)20(2,17)18/h4-7,11H,3,8-10H2,1-2H3. The number of para-hydroxylation sites is 1. The first-order chi connectivity index (χ1) is 9.43. The highest BCUT2D eigenvalue weighted by Crippen LogP contribution is 2.23. The minimum atomic E-state index is -3.10. The Bertz CT molecular complexity index is 597. The lowest BCUT2D eigenvalue weighted by molar-refractivity contribution is 0.0789. The fourth-order valence-corrected chi connectivity index (χ4v) is 3.34. The molecule has 0 aliphatic carbocycles. The normalized spacial score (nSPS) is 19.1. The van der Waals surface area contributed by atoms with Crippen molar-refractivity contribution >= 4 is 15.7 Å². The van der Waals surface area contributed by atoms with E-state index in [4.69, 9.17) is 4.74 Å². The van der Waals surface area contributed by atoms with Crippen LogP contribution in [-0.4, -0.2) is 50.4 Å². The number of rotatable bonds is 4. The van der Waals surface area contributed by atoms with Crippen molar-refractivity contribution in [1.82, 2.24) is 4.90 Å². The SMILES string of the molecule is CCOc1ccccc1C(=O)N1CCC(S(C)(=O)=O)C1. The molecule has 110 valence electrons. The number of benzene rings is 1. The molecule has 0 N–H and O–H groups in total. The van der Waals surface area contributed by atoms with Crippen LogP contribution < -0.4 is 4.74 Å². The second kappa shape index (κ2) is 5.83. The maximum atomic E-state index is 12.5. The molecule has 1 fully saturated rings. The molecule has 20 heavy (non-hydrogen) atoms. The van der Waals surface area contributed by atoms with Crippen LogP contribution in [0.4, 0.5) is 0 Å². The van der Waals surface area contributed by atoms with Crippen LogP contribution in [0.2, 0.25) is 0 Å². The third-order valence-electron chi connectivity index (χ3n) is 3.46. The Morgan fingerprint density at radius 3 is 2.70 bits per heavy atom. The number of likely N-dealkylation sites (tertiary alicyclic amines) is 1. The van der Waals surface area contributed by atoms with Crippen LogP contribution in [0.15, 0.2) is 24.3 Å². The predicted octanol–water partition coefficient (Wildman–Crippen LogP) is 1.34. The average Bonchev–Trinajstić information content (AvgIpc) is 2.88. The van der Waals surface area contributed by atoms with E-state index in [1.807, 2.05) is 13.0 Å². The Kier molecular flexibility index (Phi) is 4.32. The summed E-state index contributed by atoms with van der Waals surface area (Å²) in [7, 11) is -3.10. The number of carbonyl (C=O) groups is 1. The fourth-order valence-electron chi connectivity index (χ4n) is 2.36. The summed E-state index contributed by atoms with van der Waals surface area (Å²) in [6.45, 7) is 3.07. The number of amides is 1. The summed E-state index contributed by atoms with van der Waals surface area (Å²) in [5, 5.41) is -0.453. The van der Waals surface area contributed by atoms with Crippen molar-refractivity contribution in [3.05, 3.63) is 29.8 Å². The molecule has 0 saturated carbocycles. The molecule has 1 aromatic carbocycles. The molecule has 1 amide bonds. The minimum absolute atomic E-state index is 0.166. The maximum Gasteiger partial charge on any atom is 0.257 e. The van der Waals surface area contributed by atoms with Gasteiger partial charge in [0.05, 0.1) is 17.4 Å². The van der Waals surface area contributed by atoms with E-state index in [0.29, 0.717) is 30.9 Å². The topological polar surface area (TPSA) is 63.7 Å². The van der Waals surface area contributed by atoms with Crippen LogP contribution in [0.25, 0.3) is 0 Å². The molecular weight excluding hydrogens is 278 g/mol. The van der Waals surface area contributed by atoms with Crippen molar-refractivity contribution in [1.29, 1.82) is 0 Å². The second-order valence-corrected chi connectivity index (χ2v) is 7.25. The molecule has 1 heterocycles. The highest BCUT2D eigenvalue weighted by atomic mass is 32.2. The summed E-state index contributed by atoms with van der Waals surface area (Å²) >= 11 is 0. The molecule has 0 spiro atoms. The molecule has 5 nitrogen and oxygen atoms in total. The minimum Gasteiger partial charge on any atom is -0.493 e. The second-order valence-electron chi connectivity index (χ2n) is 4.92. The fraction of sp³-hybridized carbons (Fsp3) is 0.500. The quantitative estimate of drug-likeness (QED) is 0.841. The van der Waals surface area contributed by atoms with Gasteiger partial charge in [0, 0.05) is 19.3 Å². The number of sulfone groups is 1. The zero-order valence-corrected chi connectivity index (χ0v) is 12.5. The molecule has 0 bridgehead atoms. The Hall–Kier alpha value is -1.56. The lowest BCUT2D eigenvalue weighted by Gasteiger charge is -2.18. The van der Waals surface area contributed by atoms with E-state index in [0.717, 1.165) is 0 Å². The van der Waals surface area contributed by atoms with Gasteiger partial charge in [0.15, 0.2) is 9.84 Å². The van der Waals surface area contributed by atoms with Crippen molar-refractivity contribution in [3.63, 3.8) is 0 Å². The first-order valence-electron chi connectivity index (χ1n) is 6.63. The zero-order valence-electron chi connectivity index (χ0n) is 11.7. The molecule has 1 aliphatic rings. The summed E-state index contributed by atoms with van der Waals surface area (Å²) in [6.07, 6.45) is 1.72. The van der Waals surface area contributed by atoms with E-state index in [9.17, 15) is 13.2 Å². The van der Waals surface area contributed by atoms with Crippen LogP contribution in [0.1, 0.15) is 23.7 Å². The Morgan fingerprint density at radius 1 is 1.40 bits per heavy atom. The van der Waals surface area contributed by atoms with E-state index in [1.54, 1.807) is 23.1 Å². The van der Waals surface area contributed by atoms with Gasteiger partial charge in [0.2, 0.25) is 0 Å². The molecule has 2 rings (SSSR count). The van der Waals surface area contributed by atoms with Gasteiger partial charge in [-0.2, -0.15) is 0 Å². The summed E-state index contributed by atoms with van der Waals surface area (Å²) in [6, 6.07) is 7.05. The molecule has 1 unspecified atom stereocenters. The van der Waals surface area contributed by atoms with Gasteiger partial charge in [-0.25, -0.2) is 8.42 Å². The Morgan fingerprint density at radius 2 is 2.10 bits per heavy atom. The smallest absolute Gasteiger partial charge is 0.257 e. The lowest BCUT2D eigenvalue weighted by atomic mass is 10.2. The number of hydrogen-bond donors (Lipinski definition) is 0. The number of hydrogen-bond acceptors (Lipinski definition) is 4. The van der Waals surface area contributed by atoms with Crippen LogP contribution in [0.3, 0.4) is 0 Å². The van der Waals surface area contributed by atoms with Gasteiger partial charge in [0.1, 0.15) is 5.75 Å². The molecule has 1 atom stereocenters. The van der Waals surface area contributed by atoms with Gasteiger partial charge in [0.25, 0.3) is 5.91 Å². The summed E-state index contributed by atoms with van der Waals surface area (Å²) < 4.78 is 28.5. The predicted molar refractivity (Wildman–Crippen MR) is 76.8 cm³/mol. The van der Waals surface area contributed by atoms with Gasteiger partial charge in [-0.15, -0.1) is 0 Å². The number of ether oxygens (including phenoxy) is 1. The van der Waals surface area contributed by atoms with Crippen LogP contribution >= 0.6 is 0 Å². The monoisotopic (exact) mass is 297 g/mol. The molecule has 1 aliphatic heterocycles. The van der Waals surface area contributed by atoms with Gasteiger partial charge < -0.3 is 9.64 Å². The first-order valence-corrected chi connectivity index (χ1v) is 8.59. The summed E-state index contributed by atoms with van der Waals surface area (Å²) in [5.41, 5.74) is 0.489. The van der Waals surface area contributed by atoms with Crippen molar-refractivity contribution < 1.29 is 17.9 Å². The maximum absolute atomic E-state index is 12.5. The molecule has 6 heteroatoms. The van der Waals surface area contributed by atoms with Crippen LogP contribution in [0.5, 0.6) is 5.75 Å². The van der Waals surface area contributed by atoms with E-state index in [-0.39, 0.29) is 12.5 Å². The van der Waals surface area contributed by atoms with Gasteiger partial charge in [-0.05, 0) is 25.5 Å². The summed E-state index contributed by atoms with van der Waals surface area (Å²) in [4.78, 5) is 14.1. The zero-order chi connectivity index (χ0) is 14.8. The van der Waals surface area contributed by atoms with Crippen LogP contribution in [0, 0.1) is 0 Å². The number of nitrogens with zero attached hydrogens (tertiary/aromatic N) is 1. The van der Waals surface area contributed by atoms with Crippen molar-refractivity contribution in [2.75, 3.05) is 26.0 Å². The molecular formula is C14H19NO4S. The summed E-state index contributed by atoms with van der Waals surface area (Å²) in [5.74, 6) is 0.378. The largest absolute Gasteiger partial charge is 0.493 e. The first kappa shape index (κ1) is 14.8. The third kappa shape index (κ3) is 3.12.